The van der Waals surface area contributed by atoms with Gasteiger partial charge in [-0.1, -0.05) is 60.7 Å². The zero-order valence-corrected chi connectivity index (χ0v) is 21.1. The third-order valence-corrected chi connectivity index (χ3v) is 8.27. The molecule has 2 amide bonds. The van der Waals surface area contributed by atoms with Crippen molar-refractivity contribution in [3.63, 3.8) is 0 Å². The molecule has 2 aromatic rings. The fraction of sp³-hybridized carbons (Fsp3) is 0.429. The van der Waals surface area contributed by atoms with Crippen molar-refractivity contribution >= 4 is 27.3 Å². The molecule has 4 fully saturated rings. The maximum Gasteiger partial charge on any atom is 0.200 e. The zero-order valence-electron chi connectivity index (χ0n) is 21.1. The summed E-state index contributed by atoms with van der Waals surface area (Å²) in [6, 6.07) is 24.8. The van der Waals surface area contributed by atoms with Crippen molar-refractivity contribution in [2.24, 2.45) is 0 Å². The molecule has 0 N–H and O–H groups in total. The molecule has 10 heteroatoms. The molecule has 4 aliphatic rings. The normalized spacial score (nSPS) is 29.4. The Labute approximate surface area is 226 Å². The van der Waals surface area contributed by atoms with Crippen LogP contribution < -0.4 is 0 Å². The highest BCUT2D eigenvalue weighted by atomic mass is 16.2. The number of carbonyl (C=O) groups is 2. The van der Waals surface area contributed by atoms with E-state index in [2.05, 4.69) is 46.2 Å². The molecule has 6 atom stereocenters. The highest BCUT2D eigenvalue weighted by Gasteiger charge is 2.52. The van der Waals surface area contributed by atoms with Gasteiger partial charge in [0, 0.05) is 38.3 Å². The van der Waals surface area contributed by atoms with Gasteiger partial charge in [-0.05, 0) is 24.0 Å². The number of hydrogen-bond donors (Lipinski definition) is 0. The monoisotopic (exact) mass is 502 g/mol. The average molecular weight is 502 g/mol. The van der Waals surface area contributed by atoms with E-state index in [-0.39, 0.29) is 36.3 Å². The SMILES string of the molecule is [B]C(=O)N1CC2CC1[C@@H](C#N)N2Cc1ccccc1.[B]C(=O)N1CC2CC1[C@H](C#N)N2Cc1ccccc1. The molecule has 0 aromatic heterocycles. The first-order valence-corrected chi connectivity index (χ1v) is 12.9. The second-order valence-corrected chi connectivity index (χ2v) is 10.4. The number of hydrogen-bond acceptors (Lipinski definition) is 6. The van der Waals surface area contributed by atoms with Crippen molar-refractivity contribution in [3.8, 4) is 12.1 Å². The number of benzene rings is 2. The van der Waals surface area contributed by atoms with Crippen LogP contribution in [0.1, 0.15) is 24.0 Å². The first-order valence-electron chi connectivity index (χ1n) is 12.9. The minimum atomic E-state index is -0.410. The summed E-state index contributed by atoms with van der Waals surface area (Å²) in [5.74, 6) is -0.820. The third kappa shape index (κ3) is 4.95. The minimum Gasteiger partial charge on any atom is -0.345 e. The second-order valence-electron chi connectivity index (χ2n) is 10.4. The van der Waals surface area contributed by atoms with Crippen LogP contribution in [-0.4, -0.2) is 96.2 Å². The number of likely N-dealkylation sites (tertiary alicyclic amines) is 4. The standard InChI is InChI=1S/2C14H14BN3O/c2*15-14(19)18-9-11-6-12(18)13(7-16)17(11)8-10-4-2-1-3-5-10/h2*1-5,11-13H,6,8-9H2/t2*11?,12?,13-/m10/s1. The molecule has 38 heavy (non-hydrogen) atoms. The third-order valence-electron chi connectivity index (χ3n) is 8.27. The Bertz CT molecular complexity index is 1150. The molecule has 4 heterocycles. The number of amides is 2. The van der Waals surface area contributed by atoms with Crippen LogP contribution in [0.2, 0.25) is 0 Å². The van der Waals surface area contributed by atoms with E-state index in [0.29, 0.717) is 13.1 Å². The molecular formula is C28H28B2N6O2. The van der Waals surface area contributed by atoms with Gasteiger partial charge in [-0.3, -0.25) is 19.4 Å². The Hall–Kier alpha value is -3.59. The predicted molar refractivity (Wildman–Crippen MR) is 143 cm³/mol. The minimum absolute atomic E-state index is 0.0452. The summed E-state index contributed by atoms with van der Waals surface area (Å²) in [7, 11) is 10.7. The lowest BCUT2D eigenvalue weighted by molar-refractivity contribution is 0.114. The van der Waals surface area contributed by atoms with Gasteiger partial charge >= 0.3 is 0 Å². The summed E-state index contributed by atoms with van der Waals surface area (Å²) in [5, 5.41) is 18.7. The maximum absolute atomic E-state index is 11.3. The van der Waals surface area contributed by atoms with E-state index in [1.165, 1.54) is 11.1 Å². The van der Waals surface area contributed by atoms with Crippen LogP contribution >= 0.6 is 0 Å². The molecular weight excluding hydrogens is 474 g/mol. The van der Waals surface area contributed by atoms with E-state index in [0.717, 1.165) is 25.9 Å². The van der Waals surface area contributed by atoms with Crippen LogP contribution in [0.25, 0.3) is 0 Å². The van der Waals surface area contributed by atoms with Gasteiger partial charge in [0.05, 0.1) is 24.2 Å². The van der Waals surface area contributed by atoms with Crippen LogP contribution in [0.3, 0.4) is 0 Å². The molecule has 0 spiro atoms. The Balaban J connectivity index is 0.000000155. The summed E-state index contributed by atoms with van der Waals surface area (Å²) in [6.45, 7) is 2.80. The van der Waals surface area contributed by atoms with Crippen LogP contribution in [0.15, 0.2) is 60.7 Å². The van der Waals surface area contributed by atoms with Crippen molar-refractivity contribution < 1.29 is 9.59 Å². The van der Waals surface area contributed by atoms with E-state index >= 15 is 0 Å². The molecule has 2 aromatic carbocycles. The van der Waals surface area contributed by atoms with Crippen molar-refractivity contribution in [2.75, 3.05) is 13.1 Å². The van der Waals surface area contributed by atoms with E-state index in [1.807, 2.05) is 36.4 Å². The van der Waals surface area contributed by atoms with Gasteiger partial charge in [0.1, 0.15) is 12.1 Å². The Kier molecular flexibility index (Phi) is 7.56. The smallest absolute Gasteiger partial charge is 0.200 e. The van der Waals surface area contributed by atoms with Gasteiger partial charge in [-0.15, -0.1) is 0 Å². The van der Waals surface area contributed by atoms with E-state index < -0.39 is 11.6 Å². The largest absolute Gasteiger partial charge is 0.345 e. The second kappa shape index (κ2) is 11.0. The van der Waals surface area contributed by atoms with Gasteiger partial charge in [-0.25, -0.2) is 0 Å². The predicted octanol–water partition coefficient (Wildman–Crippen LogP) is 2.25. The van der Waals surface area contributed by atoms with E-state index in [4.69, 9.17) is 15.7 Å². The van der Waals surface area contributed by atoms with Gasteiger partial charge in [-0.2, -0.15) is 10.5 Å². The van der Waals surface area contributed by atoms with Crippen LogP contribution in [0, 0.1) is 22.7 Å². The van der Waals surface area contributed by atoms with Crippen molar-refractivity contribution in [1.82, 2.24) is 19.6 Å². The van der Waals surface area contributed by atoms with Crippen molar-refractivity contribution in [3.05, 3.63) is 71.8 Å². The first kappa shape index (κ1) is 26.0. The Morgan fingerprint density at radius 2 is 1.08 bits per heavy atom. The number of fused-ring (bicyclic) bond motifs is 4. The number of nitriles is 2. The summed E-state index contributed by atoms with van der Waals surface area (Å²) >= 11 is 0. The molecule has 4 radical (unpaired) electrons. The summed E-state index contributed by atoms with van der Waals surface area (Å²) < 4.78 is 0. The lowest BCUT2D eigenvalue weighted by Gasteiger charge is -2.37. The molecule has 6 rings (SSSR count). The van der Waals surface area contributed by atoms with Crippen molar-refractivity contribution in [1.29, 1.82) is 10.5 Å². The van der Waals surface area contributed by atoms with Gasteiger partial charge in [0.25, 0.3) is 0 Å². The first-order chi connectivity index (χ1) is 18.4. The Morgan fingerprint density at radius 1 is 0.711 bits per heavy atom. The molecule has 8 nitrogen and oxygen atoms in total. The summed E-state index contributed by atoms with van der Waals surface area (Å²) in [6.07, 6.45) is 1.71. The average Bonchev–Trinajstić information content (AvgIpc) is 3.70. The fourth-order valence-corrected chi connectivity index (χ4v) is 6.53. The van der Waals surface area contributed by atoms with Crippen molar-refractivity contribution in [2.45, 2.75) is 62.2 Å². The molecule has 4 saturated heterocycles. The molecule has 4 aliphatic heterocycles. The lowest BCUT2D eigenvalue weighted by Crippen LogP contribution is -2.53. The van der Waals surface area contributed by atoms with Crippen LogP contribution in [-0.2, 0) is 13.1 Å². The van der Waals surface area contributed by atoms with Gasteiger partial charge in [0.15, 0.2) is 11.6 Å². The highest BCUT2D eigenvalue weighted by Crippen LogP contribution is 2.37. The number of piperazine rings is 2. The van der Waals surface area contributed by atoms with Gasteiger partial charge < -0.3 is 9.80 Å². The lowest BCUT2D eigenvalue weighted by atomic mass is 10.0. The van der Waals surface area contributed by atoms with Crippen LogP contribution in [0.4, 0.5) is 9.59 Å². The quantitative estimate of drug-likeness (QED) is 0.596. The Morgan fingerprint density at radius 3 is 1.39 bits per heavy atom. The molecule has 0 saturated carbocycles. The molecule has 4 unspecified atom stereocenters. The summed E-state index contributed by atoms with van der Waals surface area (Å²) in [5.41, 5.74) is 2.39. The van der Waals surface area contributed by atoms with Crippen LogP contribution in [0.5, 0.6) is 0 Å². The topological polar surface area (TPSA) is 94.7 Å². The highest BCUT2D eigenvalue weighted by molar-refractivity contribution is 6.57. The molecule has 4 bridgehead atoms. The number of nitrogens with zero attached hydrogens (tertiary/aromatic N) is 6. The molecule has 0 aliphatic carbocycles. The zero-order chi connectivity index (χ0) is 26.8. The number of rotatable bonds is 4. The van der Waals surface area contributed by atoms with Gasteiger partial charge in [0.2, 0.25) is 15.7 Å². The number of carbonyl (C=O) groups excluding carboxylic acids is 2. The maximum atomic E-state index is 11.3. The van der Waals surface area contributed by atoms with E-state index in [1.54, 1.807) is 9.80 Å². The molecule has 188 valence electrons. The van der Waals surface area contributed by atoms with E-state index in [9.17, 15) is 20.1 Å². The summed E-state index contributed by atoms with van der Waals surface area (Å²) in [4.78, 5) is 30.3. The fourth-order valence-electron chi connectivity index (χ4n) is 6.53.